The van der Waals surface area contributed by atoms with Crippen LogP contribution in [-0.2, 0) is 9.59 Å². The number of aliphatic hydroxyl groups is 1. The number of amides is 1. The Morgan fingerprint density at radius 2 is 2.00 bits per heavy atom. The third-order valence-corrected chi connectivity index (χ3v) is 1.29. The van der Waals surface area contributed by atoms with Gasteiger partial charge >= 0.3 is 0 Å². The molecule has 0 aromatic rings. The van der Waals surface area contributed by atoms with E-state index in [4.69, 9.17) is 5.11 Å². The first-order chi connectivity index (χ1) is 5.57. The van der Waals surface area contributed by atoms with E-state index in [1.807, 2.05) is 0 Å². The van der Waals surface area contributed by atoms with E-state index in [1.54, 1.807) is 6.92 Å². The fraction of sp³-hybridized carbons (Fsp3) is 0.500. The molecule has 0 bridgehead atoms. The van der Waals surface area contributed by atoms with Gasteiger partial charge in [-0.25, -0.2) is 0 Å². The molecule has 0 unspecified atom stereocenters. The van der Waals surface area contributed by atoms with Crippen LogP contribution in [0.25, 0.3) is 0 Å². The summed E-state index contributed by atoms with van der Waals surface area (Å²) in [5.74, 6) is -0.343. The van der Waals surface area contributed by atoms with Crippen molar-refractivity contribution in [1.29, 1.82) is 0 Å². The second-order valence-electron chi connectivity index (χ2n) is 2.46. The van der Waals surface area contributed by atoms with Gasteiger partial charge in [-0.3, -0.25) is 9.59 Å². The van der Waals surface area contributed by atoms with Gasteiger partial charge in [0.15, 0.2) is 0 Å². The first-order valence-electron chi connectivity index (χ1n) is 3.63. The molecule has 1 amide bonds. The molecular formula is C8H13NO3. The highest BCUT2D eigenvalue weighted by molar-refractivity contribution is 5.93. The summed E-state index contributed by atoms with van der Waals surface area (Å²) in [5.41, 5.74) is 0.444. The van der Waals surface area contributed by atoms with E-state index < -0.39 is 0 Å². The number of allylic oxidation sites excluding steroid dienone is 1. The van der Waals surface area contributed by atoms with Gasteiger partial charge in [0.2, 0.25) is 5.91 Å². The molecule has 0 aromatic heterocycles. The summed E-state index contributed by atoms with van der Waals surface area (Å²) in [5, 5.41) is 10.5. The Labute approximate surface area is 71.3 Å². The zero-order valence-corrected chi connectivity index (χ0v) is 7.26. The molecule has 4 nitrogen and oxygen atoms in total. The summed E-state index contributed by atoms with van der Waals surface area (Å²) in [6.07, 6.45) is 1.79. The van der Waals surface area contributed by atoms with E-state index in [0.717, 1.165) is 0 Å². The predicted octanol–water partition coefficient (Wildman–Crippen LogP) is -0.0222. The molecular weight excluding hydrogens is 158 g/mol. The van der Waals surface area contributed by atoms with Crippen molar-refractivity contribution < 1.29 is 14.7 Å². The molecule has 0 spiro atoms. The number of hydrogen-bond donors (Lipinski definition) is 2. The molecule has 0 rings (SSSR count). The Bertz CT molecular complexity index is 208. The Morgan fingerprint density at radius 1 is 1.42 bits per heavy atom. The number of Topliss-reactive ketones (excluding diaryl/α,β-unsaturated/α-hetero) is 1. The number of nitrogens with one attached hydrogen (secondary N) is 1. The van der Waals surface area contributed by atoms with Gasteiger partial charge in [-0.1, -0.05) is 6.08 Å². The quantitative estimate of drug-likeness (QED) is 0.461. The second kappa shape index (κ2) is 5.49. The maximum Gasteiger partial charge on any atom is 0.248 e. The smallest absolute Gasteiger partial charge is 0.248 e. The highest BCUT2D eigenvalue weighted by atomic mass is 16.3. The Hall–Kier alpha value is -1.16. The van der Waals surface area contributed by atoms with Gasteiger partial charge in [0.05, 0.1) is 0 Å². The third-order valence-electron chi connectivity index (χ3n) is 1.29. The maximum absolute atomic E-state index is 10.9. The van der Waals surface area contributed by atoms with E-state index in [1.165, 1.54) is 13.0 Å². The summed E-state index contributed by atoms with van der Waals surface area (Å²) in [4.78, 5) is 21.4. The molecule has 68 valence electrons. The summed E-state index contributed by atoms with van der Waals surface area (Å²) in [7, 11) is 0. The third kappa shape index (κ3) is 4.62. The van der Waals surface area contributed by atoms with Crippen LogP contribution in [0.3, 0.4) is 0 Å². The van der Waals surface area contributed by atoms with Gasteiger partial charge in [-0.05, 0) is 13.8 Å². The van der Waals surface area contributed by atoms with Gasteiger partial charge in [0, 0.05) is 12.0 Å². The zero-order valence-electron chi connectivity index (χ0n) is 7.26. The minimum absolute atomic E-state index is 0.00569. The topological polar surface area (TPSA) is 66.4 Å². The summed E-state index contributed by atoms with van der Waals surface area (Å²) in [6.45, 7) is 2.66. The van der Waals surface area contributed by atoms with Crippen LogP contribution in [0.4, 0.5) is 0 Å². The Kier molecular flexibility index (Phi) is 4.96. The molecule has 12 heavy (non-hydrogen) atoms. The first-order valence-corrected chi connectivity index (χ1v) is 3.63. The molecule has 2 N–H and O–H groups in total. The van der Waals surface area contributed by atoms with Crippen molar-refractivity contribution in [3.05, 3.63) is 11.6 Å². The molecule has 0 aliphatic heterocycles. The monoisotopic (exact) mass is 171 g/mol. The zero-order chi connectivity index (χ0) is 9.56. The van der Waals surface area contributed by atoms with E-state index in [-0.39, 0.29) is 24.8 Å². The average Bonchev–Trinajstić information content (AvgIpc) is 2.00. The van der Waals surface area contributed by atoms with Crippen molar-refractivity contribution in [3.8, 4) is 0 Å². The van der Waals surface area contributed by atoms with E-state index in [0.29, 0.717) is 5.57 Å². The number of aliphatic hydroxyl groups excluding tert-OH is 1. The standard InChI is InChI=1S/C8H13NO3/c1-6(3-4-7(2)11)8(12)9-5-10/h3,10H,4-5H2,1-2H3,(H,9,12). The molecule has 0 fully saturated rings. The van der Waals surface area contributed by atoms with Crippen molar-refractivity contribution >= 4 is 11.7 Å². The average molecular weight is 171 g/mol. The molecule has 0 aliphatic rings. The van der Waals surface area contributed by atoms with E-state index in [2.05, 4.69) is 5.32 Å². The van der Waals surface area contributed by atoms with Crippen LogP contribution in [0.2, 0.25) is 0 Å². The normalized spacial score (nSPS) is 11.1. The fourth-order valence-corrected chi connectivity index (χ4v) is 0.601. The minimum Gasteiger partial charge on any atom is -0.376 e. The van der Waals surface area contributed by atoms with Crippen LogP contribution >= 0.6 is 0 Å². The molecule has 0 aliphatic carbocycles. The second-order valence-corrected chi connectivity index (χ2v) is 2.46. The van der Waals surface area contributed by atoms with Gasteiger partial charge < -0.3 is 10.4 Å². The SMILES string of the molecule is CC(=O)CC=C(C)C(=O)NCO. The molecule has 4 heteroatoms. The molecule has 0 heterocycles. The van der Waals surface area contributed by atoms with Crippen molar-refractivity contribution in [2.24, 2.45) is 0 Å². The molecule has 0 aromatic carbocycles. The van der Waals surface area contributed by atoms with Crippen molar-refractivity contribution in [3.63, 3.8) is 0 Å². The fourth-order valence-electron chi connectivity index (χ4n) is 0.601. The van der Waals surface area contributed by atoms with Crippen LogP contribution in [-0.4, -0.2) is 23.5 Å². The van der Waals surface area contributed by atoms with Crippen LogP contribution < -0.4 is 5.32 Å². The van der Waals surface area contributed by atoms with Crippen molar-refractivity contribution in [2.75, 3.05) is 6.73 Å². The molecule has 0 saturated heterocycles. The number of rotatable bonds is 4. The van der Waals surface area contributed by atoms with Crippen LogP contribution in [0.15, 0.2) is 11.6 Å². The molecule has 0 saturated carbocycles. The number of carbonyl (C=O) groups excluding carboxylic acids is 2. The first kappa shape index (κ1) is 10.8. The summed E-state index contributed by atoms with van der Waals surface area (Å²) in [6, 6.07) is 0. The van der Waals surface area contributed by atoms with E-state index in [9.17, 15) is 9.59 Å². The minimum atomic E-state index is -0.385. The van der Waals surface area contributed by atoms with Crippen molar-refractivity contribution in [1.82, 2.24) is 5.32 Å². The van der Waals surface area contributed by atoms with Crippen LogP contribution in [0.5, 0.6) is 0 Å². The van der Waals surface area contributed by atoms with E-state index >= 15 is 0 Å². The predicted molar refractivity (Wildman–Crippen MR) is 44.3 cm³/mol. The van der Waals surface area contributed by atoms with Gasteiger partial charge in [-0.2, -0.15) is 0 Å². The highest BCUT2D eigenvalue weighted by Crippen LogP contribution is 1.95. The molecule has 0 radical (unpaired) electrons. The maximum atomic E-state index is 10.9. The molecule has 0 atom stereocenters. The van der Waals surface area contributed by atoms with Crippen LogP contribution in [0.1, 0.15) is 20.3 Å². The van der Waals surface area contributed by atoms with Gasteiger partial charge in [-0.15, -0.1) is 0 Å². The number of carbonyl (C=O) groups is 2. The van der Waals surface area contributed by atoms with Gasteiger partial charge in [0.1, 0.15) is 12.5 Å². The summed E-state index contributed by atoms with van der Waals surface area (Å²) < 4.78 is 0. The lowest BCUT2D eigenvalue weighted by Crippen LogP contribution is -2.24. The highest BCUT2D eigenvalue weighted by Gasteiger charge is 2.01. The Morgan fingerprint density at radius 3 is 2.42 bits per heavy atom. The number of ketones is 1. The van der Waals surface area contributed by atoms with Crippen molar-refractivity contribution in [2.45, 2.75) is 20.3 Å². The Balaban J connectivity index is 3.99. The lowest BCUT2D eigenvalue weighted by Gasteiger charge is -1.99. The lowest BCUT2D eigenvalue weighted by molar-refractivity contribution is -0.118. The largest absolute Gasteiger partial charge is 0.376 e. The summed E-state index contributed by atoms with van der Waals surface area (Å²) >= 11 is 0. The lowest BCUT2D eigenvalue weighted by atomic mass is 10.2. The van der Waals surface area contributed by atoms with Crippen LogP contribution in [0, 0.1) is 0 Å². The number of hydrogen-bond acceptors (Lipinski definition) is 3. The van der Waals surface area contributed by atoms with Gasteiger partial charge in [0.25, 0.3) is 0 Å².